The number of carbonyl (C=O) groups excluding carboxylic acids is 5. The fraction of sp³-hybridized carbons (Fsp3) is 0.903. The van der Waals surface area contributed by atoms with Gasteiger partial charge in [0, 0.05) is 38.8 Å². The van der Waals surface area contributed by atoms with Gasteiger partial charge in [-0.1, -0.05) is 413 Å². The summed E-state index contributed by atoms with van der Waals surface area (Å²) in [5, 5.41) is 10.9. The molecule has 0 rings (SSSR count). The fourth-order valence-electron chi connectivity index (χ4n) is 14.4. The first-order valence-corrected chi connectivity index (χ1v) is 51.0. The predicted octanol–water partition coefficient (Wildman–Crippen LogP) is 19.8. The zero-order valence-electron chi connectivity index (χ0n) is 76.5. The van der Waals surface area contributed by atoms with Crippen LogP contribution in [0.4, 0.5) is 4.79 Å². The van der Waals surface area contributed by atoms with Crippen molar-refractivity contribution >= 4 is 45.4 Å². The molecule has 0 aliphatic carbocycles. The Kier molecular flexibility index (Phi) is 93.9. The number of phosphoric acid groups is 2. The summed E-state index contributed by atoms with van der Waals surface area (Å²) in [5.41, 5.74) is 0. The summed E-state index contributed by atoms with van der Waals surface area (Å²) in [7, 11) is -10.2. The maximum Gasteiger partial charge on any atom is 1.00 e. The van der Waals surface area contributed by atoms with E-state index in [2.05, 4.69) is 62.8 Å². The van der Waals surface area contributed by atoms with E-state index >= 15 is 0 Å². The van der Waals surface area contributed by atoms with E-state index in [4.69, 9.17) is 27.6 Å². The van der Waals surface area contributed by atoms with E-state index < -0.39 is 84.3 Å². The molecule has 0 aliphatic heterocycles. The van der Waals surface area contributed by atoms with Gasteiger partial charge in [-0.05, 0) is 63.5 Å². The van der Waals surface area contributed by atoms with Crippen LogP contribution in [0.1, 0.15) is 478 Å². The minimum absolute atomic E-state index is 0. The van der Waals surface area contributed by atoms with E-state index in [1.807, 2.05) is 12.2 Å². The van der Waals surface area contributed by atoms with Crippen LogP contribution in [-0.4, -0.2) is 93.6 Å². The van der Waals surface area contributed by atoms with Crippen LogP contribution in [0.3, 0.4) is 0 Å². The van der Waals surface area contributed by atoms with Crippen LogP contribution in [0.15, 0.2) is 24.3 Å². The zero-order valence-corrected chi connectivity index (χ0v) is 82.3. The average Bonchev–Trinajstić information content (AvgIpc) is 0.878. The first kappa shape index (κ1) is 119. The molecule has 116 heavy (non-hydrogen) atoms. The summed E-state index contributed by atoms with van der Waals surface area (Å²) in [4.78, 5) is 94.6. The van der Waals surface area contributed by atoms with Gasteiger partial charge >= 0.3 is 77.1 Å². The molecule has 0 heterocycles. The number of amides is 4. The van der Waals surface area contributed by atoms with E-state index in [1.54, 1.807) is 12.2 Å². The monoisotopic (exact) mass is 1700 g/mol. The van der Waals surface area contributed by atoms with Crippen molar-refractivity contribution in [3.63, 3.8) is 0 Å². The second kappa shape index (κ2) is 91.5. The maximum atomic E-state index is 13.7. The molecule has 0 aliphatic rings. The largest absolute Gasteiger partial charge is 1.00 e. The Bertz CT molecular complexity index is 2200. The summed E-state index contributed by atoms with van der Waals surface area (Å²) in [6.07, 6.45) is 78.3. The van der Waals surface area contributed by atoms with Crippen LogP contribution >= 0.6 is 15.6 Å². The Morgan fingerprint density at radius 3 is 0.733 bits per heavy atom. The van der Waals surface area contributed by atoms with Gasteiger partial charge in [0.1, 0.15) is 12.2 Å². The number of phosphoric ester groups is 2. The van der Waals surface area contributed by atoms with Gasteiger partial charge in [0.05, 0.1) is 38.5 Å². The molecule has 0 aromatic carbocycles. The van der Waals surface area contributed by atoms with E-state index in [-0.39, 0.29) is 110 Å². The first-order chi connectivity index (χ1) is 55.6. The summed E-state index contributed by atoms with van der Waals surface area (Å²) in [6, 6.07) is -2.90. The molecule has 6 atom stereocenters. The van der Waals surface area contributed by atoms with Gasteiger partial charge in [-0.3, -0.25) is 28.3 Å². The molecule has 0 fully saturated rings. The second-order valence-electron chi connectivity index (χ2n) is 32.8. The third-order valence-corrected chi connectivity index (χ3v) is 23.6. The molecule has 4 N–H and O–H groups in total. The number of nitrogens with one attached hydrogen (secondary N) is 4. The van der Waals surface area contributed by atoms with Crippen molar-refractivity contribution in [2.45, 2.75) is 502 Å². The number of allylic oxidation sites excluding steroid dienone is 2. The van der Waals surface area contributed by atoms with Crippen molar-refractivity contribution in [1.82, 2.24) is 21.3 Å². The molecule has 4 amide bonds. The maximum absolute atomic E-state index is 13.7. The topological polar surface area (TPSA) is 269 Å². The predicted molar refractivity (Wildman–Crippen MR) is 470 cm³/mol. The minimum atomic E-state index is -5.08. The van der Waals surface area contributed by atoms with Gasteiger partial charge in [0.25, 0.3) is 15.6 Å². The van der Waals surface area contributed by atoms with Gasteiger partial charge < -0.3 is 58.6 Å². The van der Waals surface area contributed by atoms with Crippen molar-refractivity contribution in [1.29, 1.82) is 0 Å². The van der Waals surface area contributed by atoms with Crippen LogP contribution in [0.25, 0.3) is 0 Å². The number of rotatable bonds is 90. The van der Waals surface area contributed by atoms with Crippen LogP contribution in [0, 0.1) is 0 Å². The molecular formula is C93H178N4Na2O15P2. The number of esters is 2. The van der Waals surface area contributed by atoms with Crippen LogP contribution < -0.4 is 90.2 Å². The molecule has 0 radical (unpaired) electrons. The van der Waals surface area contributed by atoms with E-state index in [1.165, 1.54) is 257 Å². The quantitative estimate of drug-likeness (QED) is 0.0145. The molecule has 23 heteroatoms. The zero-order chi connectivity index (χ0) is 83.4. The molecule has 0 saturated carbocycles. The summed E-state index contributed by atoms with van der Waals surface area (Å²) in [5.74, 6) is -1.49. The molecule has 0 aromatic heterocycles. The van der Waals surface area contributed by atoms with Crippen molar-refractivity contribution in [2.24, 2.45) is 0 Å². The van der Waals surface area contributed by atoms with Crippen molar-refractivity contribution in [2.75, 3.05) is 39.5 Å². The third kappa shape index (κ3) is 85.0. The molecule has 672 valence electrons. The Labute approximate surface area is 756 Å². The van der Waals surface area contributed by atoms with Gasteiger partial charge in [0.2, 0.25) is 11.8 Å². The van der Waals surface area contributed by atoms with E-state index in [0.29, 0.717) is 25.7 Å². The van der Waals surface area contributed by atoms with Crippen molar-refractivity contribution in [3.05, 3.63) is 24.3 Å². The van der Waals surface area contributed by atoms with Crippen LogP contribution in [0.2, 0.25) is 0 Å². The smallest absolute Gasteiger partial charge is 0.756 e. The Morgan fingerprint density at radius 2 is 0.500 bits per heavy atom. The minimum Gasteiger partial charge on any atom is -0.756 e. The standard InChI is InChI=1S/C93H180N4O15P2.2Na/c1-7-13-19-25-31-37-41-43-47-51-55-61-67-73-87(111-91(100)77-71-65-59-49-35-29-23-17-11-5)85(96-89(98)75-69-63-57-53-45-39-33-27-21-15-9-3)83-109-113(103,104)107-81-79-94-93(102)95-80-82-108-114(105,106)110-84-86(97-90(99)76-70-64-58-54-46-40-34-28-22-16-10-4)88(112-92(101)78-72-66-60-50-36-30-24-18-12-6)74-68-62-56-52-48-44-42-38-32-26-20-14-8-2;;/h67-68,73-74,85-88H,7-66,69-72,75-84H2,1-6H3,(H,96,98)(H,97,99)(H,103,104)(H,105,106)(H2,94,95,102);;/q;2*+1/p-2/b73-67+,74-68+;;/t85-,86-,87?,88?;;/m0../s1. The molecule has 0 aromatic rings. The normalized spacial score (nSPS) is 13.7. The Hall–Kier alpha value is -1.15. The molecule has 4 unspecified atom stereocenters. The number of urea groups is 1. The van der Waals surface area contributed by atoms with Gasteiger partial charge in [0.15, 0.2) is 0 Å². The number of unbranched alkanes of at least 4 members (excludes halogenated alkanes) is 58. The molecule has 19 nitrogen and oxygen atoms in total. The second-order valence-corrected chi connectivity index (χ2v) is 35.6. The molecule has 0 spiro atoms. The van der Waals surface area contributed by atoms with Crippen LogP contribution in [0.5, 0.6) is 0 Å². The number of carbonyl (C=O) groups is 5. The van der Waals surface area contributed by atoms with E-state index in [0.717, 1.165) is 128 Å². The molecule has 0 saturated heterocycles. The van der Waals surface area contributed by atoms with Crippen LogP contribution in [-0.2, 0) is 55.9 Å². The molecular weight excluding hydrogens is 1520 g/mol. The summed E-state index contributed by atoms with van der Waals surface area (Å²) >= 11 is 0. The fourth-order valence-corrected chi connectivity index (χ4v) is 15.9. The average molecular weight is 1700 g/mol. The first-order valence-electron chi connectivity index (χ1n) is 48.1. The summed E-state index contributed by atoms with van der Waals surface area (Å²) in [6.45, 7) is 10.5. The summed E-state index contributed by atoms with van der Waals surface area (Å²) < 4.78 is 60.4. The van der Waals surface area contributed by atoms with E-state index in [9.17, 15) is 42.9 Å². The Balaban J connectivity index is -0.0000638. The van der Waals surface area contributed by atoms with Gasteiger partial charge in [-0.2, -0.15) is 0 Å². The molecule has 0 bridgehead atoms. The van der Waals surface area contributed by atoms with Gasteiger partial charge in [-0.15, -0.1) is 0 Å². The Morgan fingerprint density at radius 1 is 0.293 bits per heavy atom. The van der Waals surface area contributed by atoms with Crippen molar-refractivity contribution < 1.29 is 130 Å². The SMILES string of the molecule is CCCCCCCCCCCCC/C=C/C(OC(=O)CCCCCCCCCCC)[C@H](COP(=O)([O-])OCCNC(=O)NCCOP(=O)([O-])OC[C@H](NC(=O)CCCCCCCCCCCCC)C(/C=C/CCCCCCCCCCCCC)OC(=O)CCCCCCCCCCC)NC(=O)CCCCCCCCCCCCC.[Na+].[Na+]. The number of hydrogen-bond acceptors (Lipinski definition) is 15. The van der Waals surface area contributed by atoms with Gasteiger partial charge in [-0.25, -0.2) is 4.79 Å². The van der Waals surface area contributed by atoms with Crippen molar-refractivity contribution in [3.8, 4) is 0 Å². The number of ether oxygens (including phenoxy) is 2. The third-order valence-electron chi connectivity index (χ3n) is 21.7. The number of hydrogen-bond donors (Lipinski definition) is 4.